The Morgan fingerprint density at radius 3 is 3.17 bits per heavy atom. The van der Waals surface area contributed by atoms with Crippen LogP contribution in [0.2, 0.25) is 0 Å². The monoisotopic (exact) mass is 347 g/mol. The molecule has 6 heteroatoms. The first-order chi connectivity index (χ1) is 11.7. The molecule has 2 saturated heterocycles. The van der Waals surface area contributed by atoms with Gasteiger partial charge in [0.25, 0.3) is 0 Å². The molecule has 0 amide bonds. The summed E-state index contributed by atoms with van der Waals surface area (Å²) in [6.45, 7) is 3.48. The van der Waals surface area contributed by atoms with Crippen molar-refractivity contribution < 1.29 is 13.9 Å². The fourth-order valence-corrected chi connectivity index (χ4v) is 5.01. The van der Waals surface area contributed by atoms with E-state index < -0.39 is 0 Å². The Hall–Kier alpha value is -1.50. The average molecular weight is 347 g/mol. The predicted octanol–water partition coefficient (Wildman–Crippen LogP) is 2.51. The van der Waals surface area contributed by atoms with Crippen LogP contribution in [0.4, 0.5) is 0 Å². The molecular weight excluding hydrogens is 326 g/mol. The molecular formula is C18H21NO4S. The number of rotatable bonds is 3. The Labute approximate surface area is 144 Å². The third-order valence-corrected chi connectivity index (χ3v) is 6.16. The van der Waals surface area contributed by atoms with E-state index in [2.05, 4.69) is 4.90 Å². The first kappa shape index (κ1) is 16.0. The molecule has 3 heterocycles. The zero-order chi connectivity index (χ0) is 16.5. The van der Waals surface area contributed by atoms with Crippen LogP contribution in [0.3, 0.4) is 0 Å². The van der Waals surface area contributed by atoms with Gasteiger partial charge in [0.2, 0.25) is 0 Å². The molecule has 0 saturated carbocycles. The summed E-state index contributed by atoms with van der Waals surface area (Å²) in [6, 6.07) is 7.83. The van der Waals surface area contributed by atoms with Crippen molar-refractivity contribution in [2.24, 2.45) is 0 Å². The van der Waals surface area contributed by atoms with Crippen molar-refractivity contribution in [2.75, 3.05) is 32.6 Å². The molecule has 4 rings (SSSR count). The molecule has 128 valence electrons. The summed E-state index contributed by atoms with van der Waals surface area (Å²) in [5.41, 5.74) is 1.31. The van der Waals surface area contributed by atoms with E-state index in [-0.39, 0.29) is 5.63 Å². The van der Waals surface area contributed by atoms with Gasteiger partial charge in [-0.1, -0.05) is 0 Å². The summed E-state index contributed by atoms with van der Waals surface area (Å²) >= 11 is 2.01. The van der Waals surface area contributed by atoms with Gasteiger partial charge >= 0.3 is 5.63 Å². The molecule has 2 atom stereocenters. The molecule has 0 bridgehead atoms. The lowest BCUT2D eigenvalue weighted by atomic mass is 10.0. The number of thioether (sulfide) groups is 1. The smallest absolute Gasteiger partial charge is 0.336 e. The average Bonchev–Trinajstić information content (AvgIpc) is 2.61. The van der Waals surface area contributed by atoms with Gasteiger partial charge in [0.15, 0.2) is 0 Å². The molecule has 2 fully saturated rings. The van der Waals surface area contributed by atoms with Crippen molar-refractivity contribution in [1.29, 1.82) is 0 Å². The highest BCUT2D eigenvalue weighted by Gasteiger charge is 2.34. The second-order valence-corrected chi connectivity index (χ2v) is 7.61. The van der Waals surface area contributed by atoms with Gasteiger partial charge in [0, 0.05) is 54.3 Å². The molecule has 2 aromatic rings. The Morgan fingerprint density at radius 1 is 1.38 bits per heavy atom. The highest BCUT2D eigenvalue weighted by Crippen LogP contribution is 2.32. The van der Waals surface area contributed by atoms with Crippen molar-refractivity contribution >= 4 is 22.7 Å². The number of benzene rings is 1. The number of hydrogen-bond donors (Lipinski definition) is 0. The second kappa shape index (κ2) is 6.78. The fraction of sp³-hybridized carbons (Fsp3) is 0.500. The van der Waals surface area contributed by atoms with E-state index in [4.69, 9.17) is 13.9 Å². The van der Waals surface area contributed by atoms with E-state index in [0.717, 1.165) is 49.4 Å². The Kier molecular flexibility index (Phi) is 4.52. The summed E-state index contributed by atoms with van der Waals surface area (Å²) in [4.78, 5) is 14.5. The minimum Gasteiger partial charge on any atom is -0.497 e. The zero-order valence-corrected chi connectivity index (χ0v) is 14.5. The van der Waals surface area contributed by atoms with E-state index in [1.165, 1.54) is 0 Å². The van der Waals surface area contributed by atoms with E-state index in [1.54, 1.807) is 19.2 Å². The first-order valence-electron chi connectivity index (χ1n) is 8.29. The van der Waals surface area contributed by atoms with Crippen LogP contribution in [0.25, 0.3) is 11.0 Å². The summed E-state index contributed by atoms with van der Waals surface area (Å²) in [5, 5.41) is 1.52. The molecule has 0 N–H and O–H groups in total. The van der Waals surface area contributed by atoms with E-state index in [0.29, 0.717) is 22.6 Å². The van der Waals surface area contributed by atoms with Crippen LogP contribution in [0.15, 0.2) is 33.5 Å². The Bertz CT molecular complexity index is 788. The molecule has 5 nitrogen and oxygen atoms in total. The number of fused-ring (bicyclic) bond motifs is 2. The van der Waals surface area contributed by atoms with Crippen molar-refractivity contribution in [3.63, 3.8) is 0 Å². The predicted molar refractivity (Wildman–Crippen MR) is 94.9 cm³/mol. The van der Waals surface area contributed by atoms with Crippen LogP contribution in [-0.4, -0.2) is 48.8 Å². The summed E-state index contributed by atoms with van der Waals surface area (Å²) in [5.74, 6) is 1.80. The van der Waals surface area contributed by atoms with Gasteiger partial charge in [-0.3, -0.25) is 4.90 Å². The normalized spacial score (nSPS) is 24.7. The topological polar surface area (TPSA) is 51.9 Å². The quantitative estimate of drug-likeness (QED) is 0.795. The van der Waals surface area contributed by atoms with E-state index in [9.17, 15) is 4.79 Å². The molecule has 2 aliphatic rings. The first-order valence-corrected chi connectivity index (χ1v) is 9.33. The Morgan fingerprint density at radius 2 is 2.29 bits per heavy atom. The third kappa shape index (κ3) is 3.06. The Balaban J connectivity index is 1.67. The van der Waals surface area contributed by atoms with Crippen molar-refractivity contribution in [2.45, 2.75) is 24.3 Å². The van der Waals surface area contributed by atoms with Gasteiger partial charge in [0.1, 0.15) is 11.3 Å². The molecule has 0 radical (unpaired) electrons. The van der Waals surface area contributed by atoms with Gasteiger partial charge in [0.05, 0.1) is 13.7 Å². The largest absolute Gasteiger partial charge is 0.497 e. The van der Waals surface area contributed by atoms with Crippen LogP contribution in [0, 0.1) is 0 Å². The van der Waals surface area contributed by atoms with E-state index >= 15 is 0 Å². The molecule has 0 aliphatic carbocycles. The van der Waals surface area contributed by atoms with Crippen LogP contribution in [0.1, 0.15) is 12.0 Å². The van der Waals surface area contributed by atoms with Gasteiger partial charge < -0.3 is 13.9 Å². The third-order valence-electron chi connectivity index (χ3n) is 4.86. The minimum atomic E-state index is -0.305. The van der Waals surface area contributed by atoms with E-state index in [1.807, 2.05) is 23.9 Å². The van der Waals surface area contributed by atoms with Crippen molar-refractivity contribution in [3.05, 3.63) is 40.2 Å². The zero-order valence-electron chi connectivity index (χ0n) is 13.7. The summed E-state index contributed by atoms with van der Waals surface area (Å²) in [7, 11) is 1.61. The van der Waals surface area contributed by atoms with Gasteiger partial charge in [-0.15, -0.1) is 0 Å². The van der Waals surface area contributed by atoms with Crippen molar-refractivity contribution in [1.82, 2.24) is 4.90 Å². The lowest BCUT2D eigenvalue weighted by molar-refractivity contribution is 0.0352. The van der Waals surface area contributed by atoms with Gasteiger partial charge in [-0.25, -0.2) is 4.79 Å². The van der Waals surface area contributed by atoms with Crippen LogP contribution < -0.4 is 10.4 Å². The molecule has 1 aromatic heterocycles. The molecule has 0 spiro atoms. The lowest BCUT2D eigenvalue weighted by Crippen LogP contribution is -2.51. The highest BCUT2D eigenvalue weighted by molar-refractivity contribution is 8.00. The fourth-order valence-electron chi connectivity index (χ4n) is 3.65. The maximum atomic E-state index is 12.0. The molecule has 1 aromatic carbocycles. The summed E-state index contributed by atoms with van der Waals surface area (Å²) < 4.78 is 16.2. The van der Waals surface area contributed by atoms with Crippen LogP contribution in [-0.2, 0) is 11.3 Å². The van der Waals surface area contributed by atoms with Gasteiger partial charge in [-0.2, -0.15) is 11.8 Å². The molecule has 0 unspecified atom stereocenters. The number of ether oxygens (including phenoxy) is 2. The summed E-state index contributed by atoms with van der Waals surface area (Å²) in [6.07, 6.45) is 1.06. The van der Waals surface area contributed by atoms with Gasteiger partial charge in [-0.05, 0) is 24.1 Å². The highest BCUT2D eigenvalue weighted by atomic mass is 32.2. The number of nitrogens with zero attached hydrogens (tertiary/aromatic N) is 1. The number of hydrogen-bond acceptors (Lipinski definition) is 6. The molecule has 24 heavy (non-hydrogen) atoms. The SMILES string of the molecule is COc1ccc2c(CN3CCS[C@H]4COCC[C@H]43)cc(=O)oc2c1. The standard InChI is InChI=1S/C18H21NO4S/c1-21-13-2-3-14-12(8-18(20)23-16(14)9-13)10-19-5-7-24-17-11-22-6-4-15(17)19/h2-3,8-9,15,17H,4-7,10-11H2,1H3/t15-,17+/m1/s1. The lowest BCUT2D eigenvalue weighted by Gasteiger charge is -2.43. The van der Waals surface area contributed by atoms with Crippen LogP contribution >= 0.6 is 11.8 Å². The maximum absolute atomic E-state index is 12.0. The molecule has 2 aliphatic heterocycles. The van der Waals surface area contributed by atoms with Crippen LogP contribution in [0.5, 0.6) is 5.75 Å². The van der Waals surface area contributed by atoms with Crippen molar-refractivity contribution in [3.8, 4) is 5.75 Å². The maximum Gasteiger partial charge on any atom is 0.336 e. The minimum absolute atomic E-state index is 0.305. The second-order valence-electron chi connectivity index (χ2n) is 6.26. The number of methoxy groups -OCH3 is 1.